The van der Waals surface area contributed by atoms with Gasteiger partial charge in [0.05, 0.1) is 0 Å². The van der Waals surface area contributed by atoms with E-state index in [4.69, 9.17) is 5.73 Å². The Kier molecular flexibility index (Phi) is 2.29. The number of benzene rings is 1. The Hall–Kier alpha value is -1.02. The molecule has 2 nitrogen and oxygen atoms in total. The van der Waals surface area contributed by atoms with Crippen molar-refractivity contribution in [1.82, 2.24) is 0 Å². The second kappa shape index (κ2) is 3.22. The van der Waals surface area contributed by atoms with Crippen LogP contribution < -0.4 is 5.73 Å². The zero-order valence-electron chi connectivity index (χ0n) is 5.71. The van der Waals surface area contributed by atoms with Gasteiger partial charge in [0, 0.05) is 0 Å². The summed E-state index contributed by atoms with van der Waals surface area (Å²) in [5.41, 5.74) is 6.33. The topological polar surface area (TPSA) is 45.9 Å². The highest BCUT2D eigenvalue weighted by atomic mass is 16.3. The maximum Gasteiger partial charge on any atom is 0.178 e. The Balaban J connectivity index is 2.75. The van der Waals surface area contributed by atoms with Crippen LogP contribution in [0.25, 0.3) is 0 Å². The van der Waals surface area contributed by atoms with Crippen molar-refractivity contribution in [3.05, 3.63) is 29.8 Å². The van der Waals surface area contributed by atoms with Crippen molar-refractivity contribution in [3.63, 3.8) is 0 Å². The molecule has 0 spiro atoms. The lowest BCUT2D eigenvalue weighted by Gasteiger charge is -1.95. The van der Waals surface area contributed by atoms with E-state index in [0.29, 0.717) is 6.54 Å². The molecular formula is C8H10NO. The Labute approximate surface area is 60.3 Å². The summed E-state index contributed by atoms with van der Waals surface area (Å²) in [6.45, 7) is 0.601. The molecule has 53 valence electrons. The van der Waals surface area contributed by atoms with Gasteiger partial charge < -0.3 is 5.73 Å². The van der Waals surface area contributed by atoms with Crippen molar-refractivity contribution in [2.45, 2.75) is 6.42 Å². The van der Waals surface area contributed by atoms with Crippen molar-refractivity contribution in [3.8, 4) is 5.75 Å². The van der Waals surface area contributed by atoms with Crippen LogP contribution in [0.5, 0.6) is 5.75 Å². The van der Waals surface area contributed by atoms with Crippen LogP contribution in [-0.2, 0) is 11.5 Å². The number of hydrogen-bond donors (Lipinski definition) is 1. The second-order valence-electron chi connectivity index (χ2n) is 2.19. The van der Waals surface area contributed by atoms with Crippen LogP contribution >= 0.6 is 0 Å². The molecule has 0 unspecified atom stereocenters. The number of hydrogen-bond acceptors (Lipinski definition) is 1. The molecule has 1 radical (unpaired) electrons. The fourth-order valence-corrected chi connectivity index (χ4v) is 0.868. The minimum atomic E-state index is 0.0611. The number of nitrogens with two attached hydrogens (primary N) is 1. The van der Waals surface area contributed by atoms with Gasteiger partial charge in [0.15, 0.2) is 5.75 Å². The molecule has 10 heavy (non-hydrogen) atoms. The summed E-state index contributed by atoms with van der Waals surface area (Å²) < 4.78 is 0. The van der Waals surface area contributed by atoms with Gasteiger partial charge in [0.1, 0.15) is 0 Å². The van der Waals surface area contributed by atoms with Gasteiger partial charge in [-0.2, -0.15) is 0 Å². The Morgan fingerprint density at radius 3 is 2.80 bits per heavy atom. The molecule has 1 aromatic carbocycles. The second-order valence-corrected chi connectivity index (χ2v) is 2.19. The quantitative estimate of drug-likeness (QED) is 0.655. The van der Waals surface area contributed by atoms with Crippen LogP contribution in [0.3, 0.4) is 0 Å². The van der Waals surface area contributed by atoms with E-state index < -0.39 is 0 Å². The molecule has 2 N–H and O–H groups in total. The first kappa shape index (κ1) is 7.09. The van der Waals surface area contributed by atoms with Gasteiger partial charge in [-0.15, -0.1) is 0 Å². The SMILES string of the molecule is NCCc1cccc([O])c1. The lowest BCUT2D eigenvalue weighted by Crippen LogP contribution is -2.01. The van der Waals surface area contributed by atoms with Crippen LogP contribution in [0.1, 0.15) is 5.56 Å². The van der Waals surface area contributed by atoms with E-state index >= 15 is 0 Å². The zero-order valence-corrected chi connectivity index (χ0v) is 5.71. The highest BCUT2D eigenvalue weighted by molar-refractivity contribution is 5.26. The van der Waals surface area contributed by atoms with Crippen molar-refractivity contribution >= 4 is 0 Å². The predicted molar refractivity (Wildman–Crippen MR) is 39.3 cm³/mol. The summed E-state index contributed by atoms with van der Waals surface area (Å²) in [6, 6.07) is 6.83. The highest BCUT2D eigenvalue weighted by Crippen LogP contribution is 2.11. The van der Waals surface area contributed by atoms with Crippen LogP contribution in [0.4, 0.5) is 0 Å². The molecule has 0 saturated heterocycles. The van der Waals surface area contributed by atoms with Crippen LogP contribution in [0.2, 0.25) is 0 Å². The first-order chi connectivity index (χ1) is 4.83. The van der Waals surface area contributed by atoms with E-state index in [9.17, 15) is 5.11 Å². The minimum Gasteiger partial charge on any atom is -0.330 e. The summed E-state index contributed by atoms with van der Waals surface area (Å²) >= 11 is 0. The highest BCUT2D eigenvalue weighted by Gasteiger charge is 1.92. The Morgan fingerprint density at radius 1 is 1.40 bits per heavy atom. The van der Waals surface area contributed by atoms with E-state index in [1.807, 2.05) is 6.07 Å². The van der Waals surface area contributed by atoms with Gasteiger partial charge in [0.25, 0.3) is 0 Å². The third-order valence-corrected chi connectivity index (χ3v) is 1.33. The molecule has 0 aromatic heterocycles. The van der Waals surface area contributed by atoms with Gasteiger partial charge in [-0.1, -0.05) is 12.1 Å². The van der Waals surface area contributed by atoms with Gasteiger partial charge in [-0.3, -0.25) is 5.11 Å². The number of rotatable bonds is 2. The van der Waals surface area contributed by atoms with Gasteiger partial charge in [0.2, 0.25) is 0 Å². The molecule has 0 bridgehead atoms. The molecule has 0 heterocycles. The monoisotopic (exact) mass is 136 g/mol. The van der Waals surface area contributed by atoms with E-state index in [-0.39, 0.29) is 5.75 Å². The normalized spacial score (nSPS) is 9.70. The molecule has 0 atom stereocenters. The molecular weight excluding hydrogens is 126 g/mol. The van der Waals surface area contributed by atoms with E-state index in [2.05, 4.69) is 0 Å². The summed E-state index contributed by atoms with van der Waals surface area (Å²) in [6.07, 6.45) is 0.788. The van der Waals surface area contributed by atoms with E-state index in [0.717, 1.165) is 12.0 Å². The van der Waals surface area contributed by atoms with Crippen molar-refractivity contribution < 1.29 is 5.11 Å². The maximum absolute atomic E-state index is 10.7. The molecule has 0 aliphatic carbocycles. The van der Waals surface area contributed by atoms with Gasteiger partial charge in [-0.25, -0.2) is 0 Å². The van der Waals surface area contributed by atoms with Gasteiger partial charge >= 0.3 is 0 Å². The molecule has 0 saturated carbocycles. The third-order valence-electron chi connectivity index (χ3n) is 1.33. The molecule has 1 rings (SSSR count). The fraction of sp³-hybridized carbons (Fsp3) is 0.250. The van der Waals surface area contributed by atoms with Crippen molar-refractivity contribution in [1.29, 1.82) is 0 Å². The smallest absolute Gasteiger partial charge is 0.178 e. The summed E-state index contributed by atoms with van der Waals surface area (Å²) in [4.78, 5) is 0. The predicted octanol–water partition coefficient (Wildman–Crippen LogP) is 1.33. The first-order valence-electron chi connectivity index (χ1n) is 3.29. The zero-order chi connectivity index (χ0) is 7.40. The van der Waals surface area contributed by atoms with Gasteiger partial charge in [-0.05, 0) is 30.7 Å². The molecule has 0 aliphatic heterocycles. The molecule has 0 amide bonds. The van der Waals surface area contributed by atoms with Crippen molar-refractivity contribution in [2.75, 3.05) is 6.54 Å². The molecule has 0 fully saturated rings. The summed E-state index contributed by atoms with van der Waals surface area (Å²) in [7, 11) is 0. The lowest BCUT2D eigenvalue weighted by molar-refractivity contribution is 0.354. The summed E-state index contributed by atoms with van der Waals surface area (Å²) in [5.74, 6) is 0.0611. The maximum atomic E-state index is 10.7. The fourth-order valence-electron chi connectivity index (χ4n) is 0.868. The van der Waals surface area contributed by atoms with E-state index in [1.54, 1.807) is 18.2 Å². The summed E-state index contributed by atoms with van der Waals surface area (Å²) in [5, 5.41) is 10.7. The third kappa shape index (κ3) is 1.74. The van der Waals surface area contributed by atoms with Crippen molar-refractivity contribution in [2.24, 2.45) is 5.73 Å². The molecule has 2 heteroatoms. The average molecular weight is 136 g/mol. The van der Waals surface area contributed by atoms with E-state index in [1.165, 1.54) is 0 Å². The minimum absolute atomic E-state index is 0.0611. The van der Waals surface area contributed by atoms with Crippen LogP contribution in [-0.4, -0.2) is 6.54 Å². The van der Waals surface area contributed by atoms with Crippen LogP contribution in [0, 0.1) is 0 Å². The first-order valence-corrected chi connectivity index (χ1v) is 3.29. The lowest BCUT2D eigenvalue weighted by atomic mass is 10.1. The molecule has 0 aliphatic rings. The Bertz CT molecular complexity index is 210. The molecule has 1 aromatic rings. The standard InChI is InChI=1S/C8H10NO/c9-5-4-7-2-1-3-8(10)6-7/h1-3,6H,4-5,9H2. The Morgan fingerprint density at radius 2 is 2.20 bits per heavy atom. The van der Waals surface area contributed by atoms with Crippen LogP contribution in [0.15, 0.2) is 24.3 Å². The largest absolute Gasteiger partial charge is 0.330 e. The average Bonchev–Trinajstić information content (AvgIpc) is 1.88.